The van der Waals surface area contributed by atoms with Gasteiger partial charge in [0.15, 0.2) is 0 Å². The van der Waals surface area contributed by atoms with Crippen LogP contribution in [0.25, 0.3) is 0 Å². The standard InChI is InChI=1S/C10H11Cl2NO2/c11-6-1-7(12)3-8(2-6)15-10-5-13-4-9(10)14/h1-3,9-10,13-14H,4-5H2/t9-,10-/m1/s1. The van der Waals surface area contributed by atoms with E-state index in [0.717, 1.165) is 0 Å². The van der Waals surface area contributed by atoms with Crippen molar-refractivity contribution >= 4 is 23.2 Å². The highest BCUT2D eigenvalue weighted by Gasteiger charge is 2.26. The van der Waals surface area contributed by atoms with Crippen molar-refractivity contribution in [1.82, 2.24) is 5.32 Å². The van der Waals surface area contributed by atoms with Crippen LogP contribution in [0.15, 0.2) is 18.2 Å². The minimum Gasteiger partial charge on any atom is -0.486 e. The summed E-state index contributed by atoms with van der Waals surface area (Å²) < 4.78 is 5.57. The molecule has 15 heavy (non-hydrogen) atoms. The van der Waals surface area contributed by atoms with Gasteiger partial charge in [-0.2, -0.15) is 0 Å². The normalized spacial score (nSPS) is 25.5. The fourth-order valence-corrected chi connectivity index (χ4v) is 2.04. The first-order valence-corrected chi connectivity index (χ1v) is 5.42. The van der Waals surface area contributed by atoms with Crippen molar-refractivity contribution in [3.63, 3.8) is 0 Å². The first kappa shape index (κ1) is 11.0. The Bertz CT molecular complexity index is 339. The summed E-state index contributed by atoms with van der Waals surface area (Å²) in [5.41, 5.74) is 0. The van der Waals surface area contributed by atoms with Crippen molar-refractivity contribution in [2.45, 2.75) is 12.2 Å². The van der Waals surface area contributed by atoms with Crippen LogP contribution >= 0.6 is 23.2 Å². The lowest BCUT2D eigenvalue weighted by molar-refractivity contribution is 0.0738. The molecule has 1 aliphatic rings. The Hall–Kier alpha value is -0.480. The number of β-amino-alcohol motifs (C(OH)–C–C–N with tert-alkyl or cyclic N) is 1. The molecule has 2 N–H and O–H groups in total. The lowest BCUT2D eigenvalue weighted by atomic mass is 10.2. The van der Waals surface area contributed by atoms with Gasteiger partial charge in [-0.1, -0.05) is 23.2 Å². The first-order chi connectivity index (χ1) is 7.15. The van der Waals surface area contributed by atoms with Crippen molar-refractivity contribution in [3.05, 3.63) is 28.2 Å². The van der Waals surface area contributed by atoms with E-state index in [2.05, 4.69) is 5.32 Å². The van der Waals surface area contributed by atoms with Crippen LogP contribution in [0.5, 0.6) is 5.75 Å². The van der Waals surface area contributed by atoms with Gasteiger partial charge in [-0.05, 0) is 18.2 Å². The van der Waals surface area contributed by atoms with Crippen LogP contribution in [0.1, 0.15) is 0 Å². The van der Waals surface area contributed by atoms with Crippen LogP contribution in [0.4, 0.5) is 0 Å². The summed E-state index contributed by atoms with van der Waals surface area (Å²) in [5.74, 6) is 0.584. The monoisotopic (exact) mass is 247 g/mol. The minimum absolute atomic E-state index is 0.237. The number of benzene rings is 1. The zero-order chi connectivity index (χ0) is 10.8. The maximum absolute atomic E-state index is 9.54. The highest BCUT2D eigenvalue weighted by molar-refractivity contribution is 6.34. The van der Waals surface area contributed by atoms with E-state index in [4.69, 9.17) is 27.9 Å². The topological polar surface area (TPSA) is 41.5 Å². The van der Waals surface area contributed by atoms with Crippen molar-refractivity contribution in [2.24, 2.45) is 0 Å². The van der Waals surface area contributed by atoms with Crippen LogP contribution < -0.4 is 10.1 Å². The van der Waals surface area contributed by atoms with Gasteiger partial charge < -0.3 is 15.2 Å². The summed E-state index contributed by atoms with van der Waals surface area (Å²) in [5, 5.41) is 13.6. The number of ether oxygens (including phenoxy) is 1. The molecular weight excluding hydrogens is 237 g/mol. The van der Waals surface area contributed by atoms with E-state index in [0.29, 0.717) is 28.9 Å². The summed E-state index contributed by atoms with van der Waals surface area (Å²) in [6.45, 7) is 1.18. The van der Waals surface area contributed by atoms with Crippen LogP contribution in [0.2, 0.25) is 10.0 Å². The molecule has 1 aromatic carbocycles. The molecule has 1 saturated heterocycles. The van der Waals surface area contributed by atoms with Gasteiger partial charge in [0.25, 0.3) is 0 Å². The first-order valence-electron chi connectivity index (χ1n) is 4.66. The largest absolute Gasteiger partial charge is 0.486 e. The molecule has 3 nitrogen and oxygen atoms in total. The maximum atomic E-state index is 9.54. The fourth-order valence-electron chi connectivity index (χ4n) is 1.53. The lowest BCUT2D eigenvalue weighted by Gasteiger charge is -2.16. The molecule has 0 aliphatic carbocycles. The molecule has 82 valence electrons. The van der Waals surface area contributed by atoms with Gasteiger partial charge in [0.2, 0.25) is 0 Å². The molecule has 1 heterocycles. The molecule has 0 saturated carbocycles. The summed E-state index contributed by atoms with van der Waals surface area (Å²) in [4.78, 5) is 0. The van der Waals surface area contributed by atoms with Crippen LogP contribution in [0, 0.1) is 0 Å². The third-order valence-electron chi connectivity index (χ3n) is 2.25. The summed E-state index contributed by atoms with van der Waals surface area (Å²) >= 11 is 11.7. The highest BCUT2D eigenvalue weighted by atomic mass is 35.5. The van der Waals surface area contributed by atoms with Gasteiger partial charge >= 0.3 is 0 Å². The number of halogens is 2. The molecule has 1 aliphatic heterocycles. The number of rotatable bonds is 2. The lowest BCUT2D eigenvalue weighted by Crippen LogP contribution is -2.29. The second-order valence-corrected chi connectivity index (χ2v) is 4.36. The van der Waals surface area contributed by atoms with E-state index in [1.165, 1.54) is 0 Å². The third kappa shape index (κ3) is 2.75. The molecule has 5 heteroatoms. The van der Waals surface area contributed by atoms with Crippen LogP contribution in [0.3, 0.4) is 0 Å². The summed E-state index contributed by atoms with van der Waals surface area (Å²) in [6.07, 6.45) is -0.720. The number of aliphatic hydroxyl groups is 1. The van der Waals surface area contributed by atoms with Crippen molar-refractivity contribution < 1.29 is 9.84 Å². The molecule has 0 aromatic heterocycles. The van der Waals surface area contributed by atoms with Crippen molar-refractivity contribution in [3.8, 4) is 5.75 Å². The van der Waals surface area contributed by atoms with Crippen molar-refractivity contribution in [2.75, 3.05) is 13.1 Å². The third-order valence-corrected chi connectivity index (χ3v) is 2.69. The molecule has 0 unspecified atom stereocenters. The Kier molecular flexibility index (Phi) is 3.36. The zero-order valence-corrected chi connectivity index (χ0v) is 9.42. The molecule has 1 aromatic rings. The average Bonchev–Trinajstić information content (AvgIpc) is 2.50. The van der Waals surface area contributed by atoms with E-state index >= 15 is 0 Å². The Labute approximate surface area is 97.9 Å². The van der Waals surface area contributed by atoms with E-state index in [1.807, 2.05) is 0 Å². The summed E-state index contributed by atoms with van der Waals surface area (Å²) in [7, 11) is 0. The second kappa shape index (κ2) is 4.58. The van der Waals surface area contributed by atoms with Gasteiger partial charge in [0.05, 0.1) is 0 Å². The Balaban J connectivity index is 2.10. The highest BCUT2D eigenvalue weighted by Crippen LogP contribution is 2.25. The molecule has 0 amide bonds. The molecule has 2 rings (SSSR count). The molecule has 0 radical (unpaired) electrons. The van der Waals surface area contributed by atoms with E-state index < -0.39 is 6.10 Å². The molecule has 0 spiro atoms. The zero-order valence-electron chi connectivity index (χ0n) is 7.91. The molecule has 0 bridgehead atoms. The number of hydrogen-bond donors (Lipinski definition) is 2. The van der Waals surface area contributed by atoms with Crippen LogP contribution in [-0.2, 0) is 0 Å². The summed E-state index contributed by atoms with van der Waals surface area (Å²) in [6, 6.07) is 5.00. The van der Waals surface area contributed by atoms with Gasteiger partial charge in [0, 0.05) is 23.1 Å². The quantitative estimate of drug-likeness (QED) is 0.837. The van der Waals surface area contributed by atoms with Gasteiger partial charge in [-0.25, -0.2) is 0 Å². The maximum Gasteiger partial charge on any atom is 0.138 e. The molecule has 2 atom stereocenters. The molecular formula is C10H11Cl2NO2. The van der Waals surface area contributed by atoms with Crippen LogP contribution in [-0.4, -0.2) is 30.4 Å². The minimum atomic E-state index is -0.484. The fraction of sp³-hybridized carbons (Fsp3) is 0.400. The SMILES string of the molecule is O[C@@H]1CNC[C@H]1Oc1cc(Cl)cc(Cl)c1. The van der Waals surface area contributed by atoms with Crippen molar-refractivity contribution in [1.29, 1.82) is 0 Å². The number of aliphatic hydroxyl groups excluding tert-OH is 1. The number of nitrogens with one attached hydrogen (secondary N) is 1. The average molecular weight is 248 g/mol. The Morgan fingerprint density at radius 3 is 2.40 bits per heavy atom. The van der Waals surface area contributed by atoms with E-state index in [1.54, 1.807) is 18.2 Å². The Morgan fingerprint density at radius 1 is 1.20 bits per heavy atom. The van der Waals surface area contributed by atoms with Gasteiger partial charge in [-0.15, -0.1) is 0 Å². The smallest absolute Gasteiger partial charge is 0.138 e. The number of hydrogen-bond acceptors (Lipinski definition) is 3. The van der Waals surface area contributed by atoms with Gasteiger partial charge in [0.1, 0.15) is 18.0 Å². The second-order valence-electron chi connectivity index (χ2n) is 3.49. The molecule has 1 fully saturated rings. The van der Waals surface area contributed by atoms with E-state index in [9.17, 15) is 5.11 Å². The predicted molar refractivity (Wildman–Crippen MR) is 59.8 cm³/mol. The predicted octanol–water partition coefficient (Wildman–Crippen LogP) is 1.70. The Morgan fingerprint density at radius 2 is 1.87 bits per heavy atom. The van der Waals surface area contributed by atoms with E-state index in [-0.39, 0.29) is 6.10 Å². The van der Waals surface area contributed by atoms with Gasteiger partial charge in [-0.3, -0.25) is 0 Å².